The number of benzene rings is 1. The first kappa shape index (κ1) is 9.04. The third kappa shape index (κ3) is 1.27. The van der Waals surface area contributed by atoms with Gasteiger partial charge in [-0.1, -0.05) is 18.2 Å². The standard InChI is InChI=1S/C14H8O2/c15-12-5-4-9-6-10-2-1-3-14(16)13(10)8-11(9)7-12/h1-8H. The zero-order valence-corrected chi connectivity index (χ0v) is 8.44. The molecule has 2 heteroatoms. The van der Waals surface area contributed by atoms with E-state index in [4.69, 9.17) is 0 Å². The molecule has 1 aromatic carbocycles. The van der Waals surface area contributed by atoms with Crippen molar-refractivity contribution >= 4 is 29.8 Å². The van der Waals surface area contributed by atoms with E-state index in [0.29, 0.717) is 5.56 Å². The number of hydrogen-bond donors (Lipinski definition) is 0. The van der Waals surface area contributed by atoms with Crippen LogP contribution in [0.15, 0.2) is 30.4 Å². The van der Waals surface area contributed by atoms with Gasteiger partial charge in [0.2, 0.25) is 0 Å². The SMILES string of the molecule is O=C1C=Cc2cc3c(cc2=C1)C(=O)C=CC=3. The van der Waals surface area contributed by atoms with Gasteiger partial charge >= 0.3 is 0 Å². The molecule has 3 rings (SSSR count). The van der Waals surface area contributed by atoms with Crippen molar-refractivity contribution in [1.29, 1.82) is 0 Å². The minimum Gasteiger partial charge on any atom is -0.290 e. The average Bonchev–Trinajstić information content (AvgIpc) is 2.28. The Balaban J connectivity index is 2.40. The van der Waals surface area contributed by atoms with Crippen molar-refractivity contribution < 1.29 is 9.59 Å². The van der Waals surface area contributed by atoms with Crippen molar-refractivity contribution in [2.75, 3.05) is 0 Å². The van der Waals surface area contributed by atoms with Crippen LogP contribution in [0.5, 0.6) is 0 Å². The Kier molecular flexibility index (Phi) is 1.77. The van der Waals surface area contributed by atoms with Gasteiger partial charge < -0.3 is 0 Å². The summed E-state index contributed by atoms with van der Waals surface area (Å²) in [5.41, 5.74) is 1.65. The molecular weight excluding hydrogens is 200 g/mol. The van der Waals surface area contributed by atoms with Gasteiger partial charge in [-0.25, -0.2) is 0 Å². The van der Waals surface area contributed by atoms with Crippen molar-refractivity contribution in [2.45, 2.75) is 0 Å². The molecule has 76 valence electrons. The van der Waals surface area contributed by atoms with E-state index in [2.05, 4.69) is 0 Å². The lowest BCUT2D eigenvalue weighted by Gasteiger charge is -2.07. The van der Waals surface area contributed by atoms with Crippen LogP contribution in [0.1, 0.15) is 15.9 Å². The topological polar surface area (TPSA) is 34.1 Å². The number of allylic oxidation sites excluding steroid dienone is 3. The molecule has 0 atom stereocenters. The summed E-state index contributed by atoms with van der Waals surface area (Å²) in [4.78, 5) is 22.9. The van der Waals surface area contributed by atoms with E-state index >= 15 is 0 Å². The van der Waals surface area contributed by atoms with Crippen molar-refractivity contribution in [3.63, 3.8) is 0 Å². The van der Waals surface area contributed by atoms with Gasteiger partial charge in [0.1, 0.15) is 0 Å². The van der Waals surface area contributed by atoms with Crippen molar-refractivity contribution in [2.24, 2.45) is 0 Å². The first-order valence-electron chi connectivity index (χ1n) is 5.04. The molecule has 0 bridgehead atoms. The molecule has 0 amide bonds. The summed E-state index contributed by atoms with van der Waals surface area (Å²) in [6, 6.07) is 3.72. The van der Waals surface area contributed by atoms with E-state index in [9.17, 15) is 9.59 Å². The predicted molar refractivity (Wildman–Crippen MR) is 62.1 cm³/mol. The molecule has 0 fully saturated rings. The molecule has 2 aliphatic carbocycles. The van der Waals surface area contributed by atoms with Crippen LogP contribution in [0, 0.1) is 0 Å². The zero-order valence-electron chi connectivity index (χ0n) is 8.44. The highest BCUT2D eigenvalue weighted by Gasteiger charge is 2.10. The Morgan fingerprint density at radius 1 is 0.875 bits per heavy atom. The fraction of sp³-hybridized carbons (Fsp3) is 0. The van der Waals surface area contributed by atoms with Gasteiger partial charge in [-0.3, -0.25) is 9.59 Å². The number of fused-ring (bicyclic) bond motifs is 2. The minimum atomic E-state index is -0.0322. The number of carbonyl (C=O) groups is 2. The van der Waals surface area contributed by atoms with Gasteiger partial charge in [-0.2, -0.15) is 0 Å². The molecule has 0 spiro atoms. The highest BCUT2D eigenvalue weighted by molar-refractivity contribution is 6.17. The molecule has 0 aliphatic heterocycles. The second kappa shape index (κ2) is 3.14. The number of hydrogen-bond acceptors (Lipinski definition) is 2. The molecule has 16 heavy (non-hydrogen) atoms. The van der Waals surface area contributed by atoms with Crippen molar-refractivity contribution in [3.8, 4) is 0 Å². The number of carbonyl (C=O) groups excluding carboxylic acids is 2. The Morgan fingerprint density at radius 3 is 2.62 bits per heavy atom. The Morgan fingerprint density at radius 2 is 1.75 bits per heavy atom. The third-order valence-electron chi connectivity index (χ3n) is 2.77. The van der Waals surface area contributed by atoms with Crippen molar-refractivity contribution in [3.05, 3.63) is 51.9 Å². The van der Waals surface area contributed by atoms with Gasteiger partial charge in [-0.05, 0) is 46.4 Å². The Labute approximate surface area is 91.9 Å². The largest absolute Gasteiger partial charge is 0.290 e. The fourth-order valence-electron chi connectivity index (χ4n) is 1.97. The van der Waals surface area contributed by atoms with E-state index in [1.165, 1.54) is 12.2 Å². The molecule has 0 saturated heterocycles. The summed E-state index contributed by atoms with van der Waals surface area (Å²) in [6.07, 6.45) is 10.1. The lowest BCUT2D eigenvalue weighted by atomic mass is 9.96. The monoisotopic (exact) mass is 208 g/mol. The quantitative estimate of drug-likeness (QED) is 0.625. The van der Waals surface area contributed by atoms with Crippen molar-refractivity contribution in [1.82, 2.24) is 0 Å². The lowest BCUT2D eigenvalue weighted by molar-refractivity contribution is -0.109. The van der Waals surface area contributed by atoms with E-state index < -0.39 is 0 Å². The maximum atomic E-state index is 11.6. The summed E-state index contributed by atoms with van der Waals surface area (Å²) in [5, 5.41) is 1.74. The van der Waals surface area contributed by atoms with Crippen LogP contribution in [0.2, 0.25) is 0 Å². The van der Waals surface area contributed by atoms with E-state index in [1.807, 2.05) is 12.1 Å². The van der Waals surface area contributed by atoms with Gasteiger partial charge in [0.25, 0.3) is 0 Å². The van der Waals surface area contributed by atoms with Crippen LogP contribution in [0.4, 0.5) is 0 Å². The van der Waals surface area contributed by atoms with Gasteiger partial charge in [0, 0.05) is 5.56 Å². The second-order valence-electron chi connectivity index (χ2n) is 3.84. The van der Waals surface area contributed by atoms with Gasteiger partial charge in [0.05, 0.1) is 0 Å². The molecule has 2 nitrogen and oxygen atoms in total. The molecule has 0 heterocycles. The Hall–Kier alpha value is -2.22. The summed E-state index contributed by atoms with van der Waals surface area (Å²) < 4.78 is 0. The highest BCUT2D eigenvalue weighted by atomic mass is 16.1. The average molecular weight is 208 g/mol. The molecule has 1 aromatic rings. The predicted octanol–water partition coefficient (Wildman–Crippen LogP) is 0.596. The molecule has 0 saturated carbocycles. The first-order valence-corrected chi connectivity index (χ1v) is 5.04. The maximum Gasteiger partial charge on any atom is 0.186 e. The molecule has 2 aliphatic rings. The smallest absolute Gasteiger partial charge is 0.186 e. The van der Waals surface area contributed by atoms with Crippen LogP contribution in [0.25, 0.3) is 18.2 Å². The first-order chi connectivity index (χ1) is 7.74. The maximum absolute atomic E-state index is 11.6. The summed E-state index contributed by atoms with van der Waals surface area (Å²) in [5.74, 6) is -0.0362. The molecular formula is C14H8O2. The summed E-state index contributed by atoms with van der Waals surface area (Å²) >= 11 is 0. The normalized spacial score (nSPS) is 16.2. The van der Waals surface area contributed by atoms with Crippen LogP contribution < -0.4 is 10.4 Å². The van der Waals surface area contributed by atoms with Crippen LogP contribution in [-0.4, -0.2) is 11.6 Å². The van der Waals surface area contributed by atoms with Gasteiger partial charge in [0.15, 0.2) is 11.6 Å². The van der Waals surface area contributed by atoms with Crippen LogP contribution in [-0.2, 0) is 4.79 Å². The minimum absolute atomic E-state index is 0.00398. The third-order valence-corrected chi connectivity index (χ3v) is 2.77. The highest BCUT2D eigenvalue weighted by Crippen LogP contribution is 2.04. The van der Waals surface area contributed by atoms with Gasteiger partial charge in [-0.15, -0.1) is 0 Å². The summed E-state index contributed by atoms with van der Waals surface area (Å²) in [7, 11) is 0. The number of rotatable bonds is 0. The number of ketones is 2. The summed E-state index contributed by atoms with van der Waals surface area (Å²) in [6.45, 7) is 0. The molecule has 0 aromatic heterocycles. The van der Waals surface area contributed by atoms with Crippen LogP contribution in [0.3, 0.4) is 0 Å². The Bertz CT molecular complexity index is 688. The molecule has 0 N–H and O–H groups in total. The van der Waals surface area contributed by atoms with Crippen LogP contribution >= 0.6 is 0 Å². The lowest BCUT2D eigenvalue weighted by Crippen LogP contribution is -2.24. The van der Waals surface area contributed by atoms with E-state index in [1.54, 1.807) is 24.3 Å². The second-order valence-corrected chi connectivity index (χ2v) is 3.84. The molecule has 0 unspecified atom stereocenters. The zero-order chi connectivity index (χ0) is 11.1. The van der Waals surface area contributed by atoms with E-state index in [0.717, 1.165) is 16.0 Å². The fourth-order valence-corrected chi connectivity index (χ4v) is 1.97. The molecule has 0 radical (unpaired) electrons. The van der Waals surface area contributed by atoms with E-state index in [-0.39, 0.29) is 11.6 Å².